The van der Waals surface area contributed by atoms with Crippen molar-refractivity contribution in [3.8, 4) is 6.07 Å². The van der Waals surface area contributed by atoms with E-state index in [4.69, 9.17) is 10.4 Å². The van der Waals surface area contributed by atoms with E-state index in [0.29, 0.717) is 5.56 Å². The first-order valence-corrected chi connectivity index (χ1v) is 6.05. The molecule has 0 amide bonds. The third-order valence-corrected chi connectivity index (χ3v) is 3.56. The van der Waals surface area contributed by atoms with Crippen molar-refractivity contribution in [2.75, 3.05) is 5.32 Å². The van der Waals surface area contributed by atoms with Gasteiger partial charge in [0.15, 0.2) is 0 Å². The number of carboxylic acids is 1. The number of nitriles is 1. The van der Waals surface area contributed by atoms with Crippen molar-refractivity contribution in [1.82, 2.24) is 0 Å². The van der Waals surface area contributed by atoms with Crippen LogP contribution in [0, 0.1) is 18.3 Å². The van der Waals surface area contributed by atoms with Crippen LogP contribution in [0.25, 0.3) is 0 Å². The van der Waals surface area contributed by atoms with Crippen molar-refractivity contribution in [1.29, 1.82) is 5.26 Å². The van der Waals surface area contributed by atoms with Crippen LogP contribution in [0.3, 0.4) is 0 Å². The van der Waals surface area contributed by atoms with Gasteiger partial charge < -0.3 is 10.4 Å². The van der Waals surface area contributed by atoms with E-state index in [0.717, 1.165) is 30.5 Å². The number of aryl methyl sites for hydroxylation is 1. The van der Waals surface area contributed by atoms with Crippen molar-refractivity contribution in [3.05, 3.63) is 29.3 Å². The summed E-state index contributed by atoms with van der Waals surface area (Å²) >= 11 is 0. The number of carbonyl (C=O) groups is 1. The molecule has 0 saturated heterocycles. The fraction of sp³-hybridized carbons (Fsp3) is 0.429. The van der Waals surface area contributed by atoms with E-state index < -0.39 is 5.97 Å². The number of nitrogens with zero attached hydrogens (tertiary/aromatic N) is 1. The highest BCUT2D eigenvalue weighted by atomic mass is 16.4. The highest BCUT2D eigenvalue weighted by Crippen LogP contribution is 2.38. The summed E-state index contributed by atoms with van der Waals surface area (Å²) in [7, 11) is 0. The molecule has 2 rings (SSSR count). The van der Waals surface area contributed by atoms with E-state index >= 15 is 0 Å². The lowest BCUT2D eigenvalue weighted by Gasteiger charge is -2.42. The van der Waals surface area contributed by atoms with E-state index in [2.05, 4.69) is 11.4 Å². The molecule has 0 heterocycles. The van der Waals surface area contributed by atoms with E-state index in [-0.39, 0.29) is 12.0 Å². The Bertz CT molecular complexity index is 513. The average molecular weight is 244 g/mol. The van der Waals surface area contributed by atoms with Crippen LogP contribution in [0.5, 0.6) is 0 Å². The monoisotopic (exact) mass is 244 g/mol. The molecule has 0 aliphatic heterocycles. The zero-order chi connectivity index (χ0) is 13.2. The highest BCUT2D eigenvalue weighted by Gasteiger charge is 2.38. The molecule has 0 bridgehead atoms. The van der Waals surface area contributed by atoms with Gasteiger partial charge in [0.05, 0.1) is 18.1 Å². The highest BCUT2D eigenvalue weighted by molar-refractivity contribution is 5.70. The summed E-state index contributed by atoms with van der Waals surface area (Å²) in [5.41, 5.74) is 2.16. The molecule has 1 fully saturated rings. The Labute approximate surface area is 106 Å². The van der Waals surface area contributed by atoms with E-state index in [1.165, 1.54) is 0 Å². The molecule has 1 saturated carbocycles. The summed E-state index contributed by atoms with van der Waals surface area (Å²) < 4.78 is 0. The topological polar surface area (TPSA) is 73.1 Å². The Hall–Kier alpha value is -2.02. The molecule has 4 nitrogen and oxygen atoms in total. The molecule has 1 aromatic carbocycles. The van der Waals surface area contributed by atoms with Crippen LogP contribution in [-0.4, -0.2) is 16.6 Å². The Morgan fingerprint density at radius 3 is 2.72 bits per heavy atom. The molecule has 0 unspecified atom stereocenters. The number of benzene rings is 1. The van der Waals surface area contributed by atoms with E-state index in [1.807, 2.05) is 19.1 Å². The zero-order valence-electron chi connectivity index (χ0n) is 10.4. The lowest BCUT2D eigenvalue weighted by atomic mass is 9.74. The smallest absolute Gasteiger partial charge is 0.305 e. The fourth-order valence-electron chi connectivity index (χ4n) is 2.41. The molecule has 2 N–H and O–H groups in total. The number of rotatable bonds is 4. The largest absolute Gasteiger partial charge is 0.481 e. The van der Waals surface area contributed by atoms with Crippen molar-refractivity contribution >= 4 is 11.7 Å². The van der Waals surface area contributed by atoms with Gasteiger partial charge in [-0.25, -0.2) is 0 Å². The third kappa shape index (κ3) is 2.45. The van der Waals surface area contributed by atoms with Crippen LogP contribution >= 0.6 is 0 Å². The molecule has 94 valence electrons. The molecule has 0 radical (unpaired) electrons. The third-order valence-electron chi connectivity index (χ3n) is 3.56. The number of anilines is 1. The summed E-state index contributed by atoms with van der Waals surface area (Å²) in [5.74, 6) is -0.771. The SMILES string of the molecule is Cc1cc(NC2(CC(=O)O)CCC2)ccc1C#N. The standard InChI is InChI=1S/C14H16N2O2/c1-10-7-12(4-3-11(10)9-15)16-14(5-2-6-14)8-13(17)18/h3-4,7,16H,2,5-6,8H2,1H3,(H,17,18). The number of nitrogens with one attached hydrogen (secondary N) is 1. The summed E-state index contributed by atoms with van der Waals surface area (Å²) in [6.45, 7) is 1.88. The van der Waals surface area contributed by atoms with Crippen LogP contribution in [0.2, 0.25) is 0 Å². The predicted octanol–water partition coefficient (Wildman–Crippen LogP) is 2.68. The van der Waals surface area contributed by atoms with E-state index in [1.54, 1.807) is 6.07 Å². The lowest BCUT2D eigenvalue weighted by molar-refractivity contribution is -0.138. The van der Waals surface area contributed by atoms with Gasteiger partial charge in [-0.2, -0.15) is 5.26 Å². The van der Waals surface area contributed by atoms with Crippen molar-refractivity contribution in [3.63, 3.8) is 0 Å². The van der Waals surface area contributed by atoms with Crippen LogP contribution in [0.1, 0.15) is 36.8 Å². The maximum absolute atomic E-state index is 10.9. The van der Waals surface area contributed by atoms with Crippen molar-refractivity contribution < 1.29 is 9.90 Å². The molecular weight excluding hydrogens is 228 g/mol. The number of hydrogen-bond acceptors (Lipinski definition) is 3. The molecule has 1 aliphatic carbocycles. The predicted molar refractivity (Wildman–Crippen MR) is 68.4 cm³/mol. The molecule has 18 heavy (non-hydrogen) atoms. The Balaban J connectivity index is 2.15. The van der Waals surface area contributed by atoms with Gasteiger partial charge in [-0.05, 0) is 49.9 Å². The lowest BCUT2D eigenvalue weighted by Crippen LogP contribution is -2.46. The van der Waals surface area contributed by atoms with Crippen LogP contribution in [0.4, 0.5) is 5.69 Å². The minimum atomic E-state index is -0.771. The normalized spacial score (nSPS) is 16.4. The van der Waals surface area contributed by atoms with Gasteiger partial charge in [0.2, 0.25) is 0 Å². The maximum Gasteiger partial charge on any atom is 0.305 e. The Morgan fingerprint density at radius 1 is 1.56 bits per heavy atom. The van der Waals surface area contributed by atoms with Gasteiger partial charge in [-0.3, -0.25) is 4.79 Å². The first-order valence-electron chi connectivity index (χ1n) is 6.05. The second kappa shape index (κ2) is 4.69. The van der Waals surface area contributed by atoms with Crippen molar-refractivity contribution in [2.45, 2.75) is 38.1 Å². The van der Waals surface area contributed by atoms with Gasteiger partial charge in [0.1, 0.15) is 0 Å². The maximum atomic E-state index is 10.9. The molecule has 1 aliphatic rings. The fourth-order valence-corrected chi connectivity index (χ4v) is 2.41. The van der Waals surface area contributed by atoms with Crippen LogP contribution < -0.4 is 5.32 Å². The number of carboxylic acid groups (broad SMARTS) is 1. The second-order valence-corrected chi connectivity index (χ2v) is 4.97. The zero-order valence-corrected chi connectivity index (χ0v) is 10.4. The molecule has 0 aromatic heterocycles. The van der Waals surface area contributed by atoms with Crippen LogP contribution in [0.15, 0.2) is 18.2 Å². The quantitative estimate of drug-likeness (QED) is 0.854. The van der Waals surface area contributed by atoms with Crippen molar-refractivity contribution in [2.24, 2.45) is 0 Å². The molecule has 1 aromatic rings. The average Bonchev–Trinajstić information content (AvgIpc) is 2.25. The molecular formula is C14H16N2O2. The summed E-state index contributed by atoms with van der Waals surface area (Å²) in [6.07, 6.45) is 2.98. The minimum absolute atomic E-state index is 0.145. The second-order valence-electron chi connectivity index (χ2n) is 4.97. The summed E-state index contributed by atoms with van der Waals surface area (Å²) in [4.78, 5) is 10.9. The van der Waals surface area contributed by atoms with Gasteiger partial charge in [0, 0.05) is 11.2 Å². The molecule has 0 spiro atoms. The van der Waals surface area contributed by atoms with Crippen LogP contribution in [-0.2, 0) is 4.79 Å². The van der Waals surface area contributed by atoms with Gasteiger partial charge >= 0.3 is 5.97 Å². The van der Waals surface area contributed by atoms with Gasteiger partial charge in [-0.1, -0.05) is 0 Å². The number of aliphatic carboxylic acids is 1. The molecule has 0 atom stereocenters. The first-order chi connectivity index (χ1) is 8.54. The summed E-state index contributed by atoms with van der Waals surface area (Å²) in [6, 6.07) is 7.64. The molecule has 4 heteroatoms. The first kappa shape index (κ1) is 12.4. The summed E-state index contributed by atoms with van der Waals surface area (Å²) in [5, 5.41) is 21.1. The van der Waals surface area contributed by atoms with Gasteiger partial charge in [0.25, 0.3) is 0 Å². The Kier molecular flexibility index (Phi) is 3.24. The number of hydrogen-bond donors (Lipinski definition) is 2. The van der Waals surface area contributed by atoms with Gasteiger partial charge in [-0.15, -0.1) is 0 Å². The van der Waals surface area contributed by atoms with E-state index in [9.17, 15) is 4.79 Å². The Morgan fingerprint density at radius 2 is 2.28 bits per heavy atom. The minimum Gasteiger partial charge on any atom is -0.481 e.